The van der Waals surface area contributed by atoms with Gasteiger partial charge in [0, 0.05) is 25.2 Å². The van der Waals surface area contributed by atoms with Crippen molar-refractivity contribution in [1.29, 1.82) is 0 Å². The van der Waals surface area contributed by atoms with Crippen molar-refractivity contribution in [2.24, 2.45) is 0 Å². The molecule has 4 rings (SSSR count). The summed E-state index contributed by atoms with van der Waals surface area (Å²) in [6, 6.07) is 4.62. The largest absolute Gasteiger partial charge is 0.366 e. The van der Waals surface area contributed by atoms with Crippen LogP contribution in [0.1, 0.15) is 30.8 Å². The van der Waals surface area contributed by atoms with E-state index in [9.17, 15) is 9.59 Å². The molecule has 0 saturated carbocycles. The van der Waals surface area contributed by atoms with E-state index in [4.69, 9.17) is 11.6 Å². The number of nitrogens with zero attached hydrogens (tertiary/aromatic N) is 5. The number of hydrogen-bond acceptors (Lipinski definition) is 6. The van der Waals surface area contributed by atoms with Crippen LogP contribution in [0, 0.1) is 0 Å². The molecule has 146 valence electrons. The Hall–Kier alpha value is -2.94. The molecule has 0 aromatic carbocycles. The van der Waals surface area contributed by atoms with Crippen LogP contribution in [0.2, 0.25) is 5.15 Å². The van der Waals surface area contributed by atoms with Crippen LogP contribution < -0.4 is 20.4 Å². The molecule has 2 aliphatic rings. The Kier molecular flexibility index (Phi) is 4.76. The average molecular weight is 402 g/mol. The smallest absolute Gasteiger partial charge is 0.329 e. The molecule has 1 atom stereocenters. The second kappa shape index (κ2) is 7.23. The van der Waals surface area contributed by atoms with Gasteiger partial charge in [0.15, 0.2) is 5.82 Å². The molecule has 0 radical (unpaired) electrons. The Bertz CT molecular complexity index is 936. The molecule has 10 heteroatoms. The van der Waals surface area contributed by atoms with Crippen LogP contribution in [0.4, 0.5) is 22.1 Å². The highest BCUT2D eigenvalue weighted by molar-refractivity contribution is 6.29. The van der Waals surface area contributed by atoms with E-state index in [1.165, 1.54) is 12.4 Å². The first-order valence-electron chi connectivity index (χ1n) is 9.07. The van der Waals surface area contributed by atoms with Gasteiger partial charge in [0.1, 0.15) is 23.0 Å². The first kappa shape index (κ1) is 18.4. The van der Waals surface area contributed by atoms with Crippen LogP contribution >= 0.6 is 11.6 Å². The van der Waals surface area contributed by atoms with Crippen LogP contribution in [0.15, 0.2) is 24.5 Å². The first-order chi connectivity index (χ1) is 13.4. The van der Waals surface area contributed by atoms with Crippen LogP contribution in [-0.2, 0) is 0 Å². The van der Waals surface area contributed by atoms with Gasteiger partial charge in [0.05, 0.1) is 11.7 Å². The van der Waals surface area contributed by atoms with Crippen LogP contribution in [0.25, 0.3) is 0 Å². The van der Waals surface area contributed by atoms with Crippen molar-refractivity contribution in [3.05, 3.63) is 35.4 Å². The van der Waals surface area contributed by atoms with Gasteiger partial charge in [-0.2, -0.15) is 0 Å². The van der Waals surface area contributed by atoms with E-state index >= 15 is 0 Å². The van der Waals surface area contributed by atoms with E-state index in [0.29, 0.717) is 11.6 Å². The van der Waals surface area contributed by atoms with E-state index in [1.807, 2.05) is 19.9 Å². The highest BCUT2D eigenvalue weighted by atomic mass is 35.5. The molecule has 2 aromatic heterocycles. The lowest BCUT2D eigenvalue weighted by atomic mass is 10.1. The summed E-state index contributed by atoms with van der Waals surface area (Å²) in [5.74, 6) is 0.511. The Morgan fingerprint density at radius 2 is 2.11 bits per heavy atom. The fourth-order valence-electron chi connectivity index (χ4n) is 3.51. The Morgan fingerprint density at radius 1 is 1.29 bits per heavy atom. The van der Waals surface area contributed by atoms with Gasteiger partial charge >= 0.3 is 6.03 Å². The Labute approximate surface area is 167 Å². The zero-order valence-electron chi connectivity index (χ0n) is 15.5. The fourth-order valence-corrected chi connectivity index (χ4v) is 3.65. The summed E-state index contributed by atoms with van der Waals surface area (Å²) in [6.45, 7) is 5.33. The van der Waals surface area contributed by atoms with Gasteiger partial charge in [-0.05, 0) is 32.4 Å². The summed E-state index contributed by atoms with van der Waals surface area (Å²) < 4.78 is 0. The minimum Gasteiger partial charge on any atom is -0.366 e. The molecule has 28 heavy (non-hydrogen) atoms. The number of rotatable bonds is 3. The van der Waals surface area contributed by atoms with Crippen LogP contribution in [0.3, 0.4) is 0 Å². The summed E-state index contributed by atoms with van der Waals surface area (Å²) in [6.07, 6.45) is 2.11. The molecule has 1 saturated heterocycles. The number of aromatic nitrogens is 3. The number of carbonyl (C=O) groups is 2. The van der Waals surface area contributed by atoms with Gasteiger partial charge < -0.3 is 10.2 Å². The molecule has 2 aliphatic heterocycles. The van der Waals surface area contributed by atoms with Crippen LogP contribution in [-0.4, -0.2) is 52.1 Å². The van der Waals surface area contributed by atoms with Crippen molar-refractivity contribution in [3.8, 4) is 0 Å². The van der Waals surface area contributed by atoms with E-state index in [1.54, 1.807) is 11.0 Å². The lowest BCUT2D eigenvalue weighted by molar-refractivity contribution is 0.0938. The number of anilines is 3. The average Bonchev–Trinajstić information content (AvgIpc) is 3.05. The third-order valence-corrected chi connectivity index (χ3v) is 4.90. The molecule has 0 unspecified atom stereocenters. The maximum Gasteiger partial charge on any atom is 0.329 e. The zero-order chi connectivity index (χ0) is 19.8. The third kappa shape index (κ3) is 3.45. The molecule has 1 fully saturated rings. The highest BCUT2D eigenvalue weighted by Crippen LogP contribution is 2.39. The van der Waals surface area contributed by atoms with Crippen molar-refractivity contribution >= 4 is 40.9 Å². The molecule has 2 bridgehead atoms. The number of carbonyl (C=O) groups excluding carboxylic acids is 2. The quantitative estimate of drug-likeness (QED) is 0.765. The number of urea groups is 1. The van der Waals surface area contributed by atoms with Gasteiger partial charge in [0.2, 0.25) is 0 Å². The number of halogens is 1. The summed E-state index contributed by atoms with van der Waals surface area (Å²) in [5.41, 5.74) is 1.11. The molecular formula is C18H20ClN7O2. The standard InChI is InChI=1S/C18H20ClN7O2/c1-10(2)22-17(27)12-3-4-13-16(23-12)26(11-5-6-25(13)8-11)18(28)24-15-7-14(19)20-9-21-15/h3-4,7,9-11H,5-6,8H2,1-2H3,(H,22,27)(H,20,21,24,28)/t11-/m0/s1. The summed E-state index contributed by atoms with van der Waals surface area (Å²) in [4.78, 5) is 41.6. The monoisotopic (exact) mass is 401 g/mol. The Morgan fingerprint density at radius 3 is 2.86 bits per heavy atom. The number of pyridine rings is 1. The molecule has 2 N–H and O–H groups in total. The number of hydrogen-bond donors (Lipinski definition) is 2. The van der Waals surface area contributed by atoms with Crippen molar-refractivity contribution in [2.75, 3.05) is 28.2 Å². The summed E-state index contributed by atoms with van der Waals surface area (Å²) in [7, 11) is 0. The lowest BCUT2D eigenvalue weighted by Crippen LogP contribution is -2.48. The maximum absolute atomic E-state index is 13.0. The van der Waals surface area contributed by atoms with Crippen molar-refractivity contribution in [1.82, 2.24) is 20.3 Å². The highest BCUT2D eigenvalue weighted by Gasteiger charge is 2.40. The zero-order valence-corrected chi connectivity index (χ0v) is 16.3. The minimum atomic E-state index is -0.364. The summed E-state index contributed by atoms with van der Waals surface area (Å²) >= 11 is 5.88. The van der Waals surface area contributed by atoms with E-state index in [-0.39, 0.29) is 34.9 Å². The molecule has 4 heterocycles. The van der Waals surface area contributed by atoms with Crippen molar-refractivity contribution in [3.63, 3.8) is 0 Å². The number of amides is 3. The molecule has 0 spiro atoms. The molecule has 9 nitrogen and oxygen atoms in total. The van der Waals surface area contributed by atoms with Gasteiger partial charge in [0.25, 0.3) is 5.91 Å². The lowest BCUT2D eigenvalue weighted by Gasteiger charge is -2.35. The van der Waals surface area contributed by atoms with Crippen molar-refractivity contribution < 1.29 is 9.59 Å². The van der Waals surface area contributed by atoms with Gasteiger partial charge in [-0.1, -0.05) is 11.6 Å². The first-order valence-corrected chi connectivity index (χ1v) is 9.45. The second-order valence-electron chi connectivity index (χ2n) is 7.08. The summed E-state index contributed by atoms with van der Waals surface area (Å²) in [5, 5.41) is 5.82. The van der Waals surface area contributed by atoms with Gasteiger partial charge in [-0.3, -0.25) is 15.0 Å². The fraction of sp³-hybridized carbons (Fsp3) is 0.389. The SMILES string of the molecule is CC(C)NC(=O)c1ccc2c(n1)N(C(=O)Nc1cc(Cl)ncn1)[C@H]1CCN2C1. The molecule has 3 amide bonds. The van der Waals surface area contributed by atoms with Crippen molar-refractivity contribution in [2.45, 2.75) is 32.4 Å². The Balaban J connectivity index is 1.67. The van der Waals surface area contributed by atoms with E-state index in [0.717, 1.165) is 25.2 Å². The normalized spacial score (nSPS) is 17.5. The number of fused-ring (bicyclic) bond motifs is 4. The minimum absolute atomic E-state index is 0.00724. The van der Waals surface area contributed by atoms with E-state index in [2.05, 4.69) is 30.5 Å². The van der Waals surface area contributed by atoms with Gasteiger partial charge in [-0.25, -0.2) is 19.7 Å². The molecule has 0 aliphatic carbocycles. The predicted molar refractivity (Wildman–Crippen MR) is 106 cm³/mol. The molecule has 2 aromatic rings. The van der Waals surface area contributed by atoms with Gasteiger partial charge in [-0.15, -0.1) is 0 Å². The maximum atomic E-state index is 13.0. The topological polar surface area (TPSA) is 103 Å². The van der Waals surface area contributed by atoms with Crippen LogP contribution in [0.5, 0.6) is 0 Å². The predicted octanol–water partition coefficient (Wildman–Crippen LogP) is 2.29. The van der Waals surface area contributed by atoms with E-state index < -0.39 is 0 Å². The number of nitrogens with one attached hydrogen (secondary N) is 2. The third-order valence-electron chi connectivity index (χ3n) is 4.69. The molecular weight excluding hydrogens is 382 g/mol. The second-order valence-corrected chi connectivity index (χ2v) is 7.47.